The lowest BCUT2D eigenvalue weighted by atomic mass is 10.0. The van der Waals surface area contributed by atoms with Crippen molar-refractivity contribution in [2.75, 3.05) is 7.11 Å². The van der Waals surface area contributed by atoms with E-state index in [0.717, 1.165) is 0 Å². The molecule has 0 saturated carbocycles. The molecule has 0 radical (unpaired) electrons. The highest BCUT2D eigenvalue weighted by Gasteiger charge is 2.24. The van der Waals surface area contributed by atoms with Crippen molar-refractivity contribution in [3.05, 3.63) is 29.3 Å². The molecule has 2 atom stereocenters. The molecule has 90 valence electrons. The Labute approximate surface area is 97.9 Å². The van der Waals surface area contributed by atoms with E-state index in [0.29, 0.717) is 5.75 Å². The molecule has 0 saturated heterocycles. The lowest BCUT2D eigenvalue weighted by Crippen LogP contribution is -2.36. The number of aliphatic hydroxyl groups excluding tert-OH is 1. The third kappa shape index (κ3) is 2.72. The zero-order chi connectivity index (χ0) is 13.0. The topological polar surface area (TPSA) is 117 Å². The van der Waals surface area contributed by atoms with Crippen molar-refractivity contribution in [1.29, 1.82) is 5.26 Å². The number of methoxy groups -OCH3 is 1. The van der Waals surface area contributed by atoms with E-state index < -0.39 is 18.1 Å². The minimum Gasteiger partial charge on any atom is -0.495 e. The van der Waals surface area contributed by atoms with E-state index >= 15 is 0 Å². The Morgan fingerprint density at radius 2 is 2.24 bits per heavy atom. The van der Waals surface area contributed by atoms with Crippen LogP contribution < -0.4 is 10.5 Å². The Morgan fingerprint density at radius 1 is 1.59 bits per heavy atom. The first-order valence-electron chi connectivity index (χ1n) is 4.75. The molecule has 0 fully saturated rings. The molecule has 0 heterocycles. The van der Waals surface area contributed by atoms with Crippen molar-refractivity contribution in [3.8, 4) is 11.8 Å². The van der Waals surface area contributed by atoms with Gasteiger partial charge in [-0.15, -0.1) is 0 Å². The number of nitrogens with two attached hydrogens (primary N) is 1. The summed E-state index contributed by atoms with van der Waals surface area (Å²) in [4.78, 5) is 10.6. The molecule has 17 heavy (non-hydrogen) atoms. The fourth-order valence-corrected chi connectivity index (χ4v) is 1.34. The first-order valence-corrected chi connectivity index (χ1v) is 4.75. The van der Waals surface area contributed by atoms with E-state index in [-0.39, 0.29) is 11.1 Å². The standard InChI is InChI=1S/C11H12N2O4/c1-17-8-3-2-6(4-7(8)5-12)10(14)9(13)11(15)16/h2-4,9-10,14H,13H2,1H3,(H,15,16). The number of hydrogen-bond acceptors (Lipinski definition) is 5. The number of rotatable bonds is 4. The predicted molar refractivity (Wildman–Crippen MR) is 58.3 cm³/mol. The second kappa shape index (κ2) is 5.30. The number of aliphatic hydroxyl groups is 1. The predicted octanol–water partition coefficient (Wildman–Crippen LogP) is 0.0122. The van der Waals surface area contributed by atoms with Gasteiger partial charge in [0.15, 0.2) is 0 Å². The number of ether oxygens (including phenoxy) is 1. The van der Waals surface area contributed by atoms with Gasteiger partial charge in [-0.1, -0.05) is 6.07 Å². The van der Waals surface area contributed by atoms with Gasteiger partial charge < -0.3 is 20.7 Å². The minimum absolute atomic E-state index is 0.210. The largest absolute Gasteiger partial charge is 0.495 e. The van der Waals surface area contributed by atoms with Crippen LogP contribution in [0.4, 0.5) is 0 Å². The molecule has 1 rings (SSSR count). The minimum atomic E-state index is -1.44. The Hall–Kier alpha value is -2.10. The van der Waals surface area contributed by atoms with Crippen molar-refractivity contribution in [2.45, 2.75) is 12.1 Å². The van der Waals surface area contributed by atoms with Crippen LogP contribution in [0, 0.1) is 11.3 Å². The van der Waals surface area contributed by atoms with Crippen LogP contribution in [0.5, 0.6) is 5.75 Å². The number of benzene rings is 1. The molecular weight excluding hydrogens is 224 g/mol. The Kier molecular flexibility index (Phi) is 4.04. The van der Waals surface area contributed by atoms with Gasteiger partial charge in [0.1, 0.15) is 24.0 Å². The van der Waals surface area contributed by atoms with Gasteiger partial charge in [-0.25, -0.2) is 0 Å². The van der Waals surface area contributed by atoms with Crippen LogP contribution in [0.1, 0.15) is 17.2 Å². The molecule has 0 amide bonds. The highest BCUT2D eigenvalue weighted by atomic mass is 16.5. The molecule has 6 heteroatoms. The number of nitriles is 1. The zero-order valence-corrected chi connectivity index (χ0v) is 9.12. The molecule has 1 aromatic rings. The van der Waals surface area contributed by atoms with Gasteiger partial charge in [-0.2, -0.15) is 5.26 Å². The molecule has 1 aromatic carbocycles. The van der Waals surface area contributed by atoms with Gasteiger partial charge in [-0.3, -0.25) is 4.79 Å². The van der Waals surface area contributed by atoms with Crippen molar-refractivity contribution >= 4 is 5.97 Å². The summed E-state index contributed by atoms with van der Waals surface area (Å²) in [5, 5.41) is 27.2. The van der Waals surface area contributed by atoms with E-state index in [1.54, 1.807) is 0 Å². The summed E-state index contributed by atoms with van der Waals surface area (Å²) in [6.45, 7) is 0. The SMILES string of the molecule is COc1ccc(C(O)C(N)C(=O)O)cc1C#N. The van der Waals surface area contributed by atoms with E-state index in [9.17, 15) is 9.90 Å². The molecule has 0 spiro atoms. The highest BCUT2D eigenvalue weighted by Crippen LogP contribution is 2.23. The maximum Gasteiger partial charge on any atom is 0.323 e. The maximum atomic E-state index is 10.6. The lowest BCUT2D eigenvalue weighted by molar-refractivity contribution is -0.141. The van der Waals surface area contributed by atoms with E-state index in [1.807, 2.05) is 6.07 Å². The van der Waals surface area contributed by atoms with Crippen LogP contribution in [0.25, 0.3) is 0 Å². The average Bonchev–Trinajstić information content (AvgIpc) is 2.35. The van der Waals surface area contributed by atoms with E-state index in [4.69, 9.17) is 20.8 Å². The number of nitrogens with zero attached hydrogens (tertiary/aromatic N) is 1. The Morgan fingerprint density at radius 3 is 2.71 bits per heavy atom. The summed E-state index contributed by atoms with van der Waals surface area (Å²) < 4.78 is 4.93. The first-order chi connectivity index (χ1) is 8.01. The van der Waals surface area contributed by atoms with Crippen molar-refractivity contribution in [3.63, 3.8) is 0 Å². The van der Waals surface area contributed by atoms with Gasteiger partial charge in [0, 0.05) is 0 Å². The quantitative estimate of drug-likeness (QED) is 0.678. The Balaban J connectivity index is 3.08. The number of carbonyl (C=O) groups is 1. The molecule has 0 aromatic heterocycles. The summed E-state index contributed by atoms with van der Waals surface area (Å²) in [6, 6.07) is 4.75. The fourth-order valence-electron chi connectivity index (χ4n) is 1.34. The third-order valence-electron chi connectivity index (χ3n) is 2.31. The highest BCUT2D eigenvalue weighted by molar-refractivity contribution is 5.74. The molecule has 0 bridgehead atoms. The van der Waals surface area contributed by atoms with Gasteiger partial charge in [0.25, 0.3) is 0 Å². The average molecular weight is 236 g/mol. The van der Waals surface area contributed by atoms with Crippen LogP contribution in [0.15, 0.2) is 18.2 Å². The Bertz CT molecular complexity index is 467. The number of aliphatic carboxylic acids is 1. The van der Waals surface area contributed by atoms with Crippen molar-refractivity contribution < 1.29 is 19.7 Å². The van der Waals surface area contributed by atoms with E-state index in [2.05, 4.69) is 0 Å². The number of carboxylic acid groups (broad SMARTS) is 1. The fraction of sp³-hybridized carbons (Fsp3) is 0.273. The molecule has 0 aliphatic heterocycles. The van der Waals surface area contributed by atoms with Crippen LogP contribution >= 0.6 is 0 Å². The summed E-state index contributed by atoms with van der Waals surface area (Å²) in [5.74, 6) is -0.959. The monoisotopic (exact) mass is 236 g/mol. The normalized spacial score (nSPS) is 13.5. The third-order valence-corrected chi connectivity index (χ3v) is 2.31. The second-order valence-electron chi connectivity index (χ2n) is 3.38. The number of carboxylic acids is 1. The molecular formula is C11H12N2O4. The van der Waals surface area contributed by atoms with Crippen LogP contribution in [-0.2, 0) is 4.79 Å². The van der Waals surface area contributed by atoms with Gasteiger partial charge in [0.2, 0.25) is 0 Å². The number of hydrogen-bond donors (Lipinski definition) is 3. The van der Waals surface area contributed by atoms with Crippen LogP contribution in [0.3, 0.4) is 0 Å². The van der Waals surface area contributed by atoms with Crippen molar-refractivity contribution in [2.24, 2.45) is 5.73 Å². The first kappa shape index (κ1) is 13.0. The summed E-state index contributed by atoms with van der Waals surface area (Å²) in [6.07, 6.45) is -1.37. The molecule has 2 unspecified atom stereocenters. The van der Waals surface area contributed by atoms with E-state index in [1.165, 1.54) is 25.3 Å². The summed E-state index contributed by atoms with van der Waals surface area (Å²) in [5.41, 5.74) is 5.76. The molecule has 0 aliphatic rings. The summed E-state index contributed by atoms with van der Waals surface area (Å²) >= 11 is 0. The van der Waals surface area contributed by atoms with Gasteiger partial charge in [-0.05, 0) is 17.7 Å². The van der Waals surface area contributed by atoms with Gasteiger partial charge in [0.05, 0.1) is 12.7 Å². The van der Waals surface area contributed by atoms with Crippen molar-refractivity contribution in [1.82, 2.24) is 0 Å². The lowest BCUT2D eigenvalue weighted by Gasteiger charge is -2.16. The zero-order valence-electron chi connectivity index (χ0n) is 9.12. The van der Waals surface area contributed by atoms with Crippen LogP contribution in [-0.4, -0.2) is 29.3 Å². The molecule has 4 N–H and O–H groups in total. The second-order valence-corrected chi connectivity index (χ2v) is 3.38. The summed E-state index contributed by atoms with van der Waals surface area (Å²) in [7, 11) is 1.41. The smallest absolute Gasteiger partial charge is 0.323 e. The van der Waals surface area contributed by atoms with Gasteiger partial charge >= 0.3 is 5.97 Å². The molecule has 0 aliphatic carbocycles. The van der Waals surface area contributed by atoms with Crippen LogP contribution in [0.2, 0.25) is 0 Å². The maximum absolute atomic E-state index is 10.6. The molecule has 6 nitrogen and oxygen atoms in total.